The molecular weight excluding hydrogens is 154 g/mol. The van der Waals surface area contributed by atoms with E-state index in [0.29, 0.717) is 0 Å². The van der Waals surface area contributed by atoms with Gasteiger partial charge in [-0.1, -0.05) is 12.8 Å². The van der Waals surface area contributed by atoms with E-state index in [1.165, 1.54) is 6.42 Å². The summed E-state index contributed by atoms with van der Waals surface area (Å²) in [4.78, 5) is 0. The van der Waals surface area contributed by atoms with Crippen LogP contribution in [0.4, 0.5) is 0 Å². The Morgan fingerprint density at radius 3 is 2.50 bits per heavy atom. The summed E-state index contributed by atoms with van der Waals surface area (Å²) in [7, 11) is 0. The third kappa shape index (κ3) is 1.34. The van der Waals surface area contributed by atoms with Crippen molar-refractivity contribution in [2.75, 3.05) is 0 Å². The van der Waals surface area contributed by atoms with Crippen LogP contribution in [0.1, 0.15) is 31.7 Å². The van der Waals surface area contributed by atoms with Crippen molar-refractivity contribution in [1.29, 1.82) is 0 Å². The highest BCUT2D eigenvalue weighted by Gasteiger charge is 2.23. The fraction of sp³-hybridized carbons (Fsp3) is 0.750. The van der Waals surface area contributed by atoms with Gasteiger partial charge in [-0.25, -0.2) is 0 Å². The molecule has 0 saturated heterocycles. The van der Waals surface area contributed by atoms with Crippen molar-refractivity contribution >= 4 is 0 Å². The third-order valence-corrected chi connectivity index (χ3v) is 2.51. The number of hydrogen-bond acceptors (Lipinski definition) is 3. The van der Waals surface area contributed by atoms with Crippen molar-refractivity contribution in [3.05, 3.63) is 12.7 Å². The lowest BCUT2D eigenvalue weighted by Gasteiger charge is -2.27. The lowest BCUT2D eigenvalue weighted by atomic mass is 9.92. The van der Waals surface area contributed by atoms with Gasteiger partial charge < -0.3 is 9.67 Å². The predicted molar refractivity (Wildman–Crippen MR) is 43.5 cm³/mol. The maximum atomic E-state index is 9.66. The molecule has 0 radical (unpaired) electrons. The molecule has 1 aromatic rings. The molecule has 66 valence electrons. The fourth-order valence-corrected chi connectivity index (χ4v) is 1.82. The summed E-state index contributed by atoms with van der Waals surface area (Å²) in [5.74, 6) is 0. The zero-order valence-electron chi connectivity index (χ0n) is 6.93. The summed E-state index contributed by atoms with van der Waals surface area (Å²) < 4.78 is 1.91. The molecule has 0 spiro atoms. The normalized spacial score (nSPS) is 30.4. The molecule has 1 fully saturated rings. The molecule has 12 heavy (non-hydrogen) atoms. The Hall–Kier alpha value is -0.900. The first-order chi connectivity index (χ1) is 5.88. The predicted octanol–water partition coefficient (Wildman–Crippen LogP) is 0.754. The largest absolute Gasteiger partial charge is 0.391 e. The summed E-state index contributed by atoms with van der Waals surface area (Å²) in [5, 5.41) is 17.1. The number of rotatable bonds is 1. The molecule has 0 aliphatic heterocycles. The summed E-state index contributed by atoms with van der Waals surface area (Å²) in [5.41, 5.74) is 0. The Labute approximate surface area is 71.2 Å². The van der Waals surface area contributed by atoms with Gasteiger partial charge in [0, 0.05) is 0 Å². The summed E-state index contributed by atoms with van der Waals surface area (Å²) in [6.07, 6.45) is 7.43. The van der Waals surface area contributed by atoms with Gasteiger partial charge >= 0.3 is 0 Å². The van der Waals surface area contributed by atoms with E-state index in [1.807, 2.05) is 4.57 Å². The van der Waals surface area contributed by atoms with Crippen LogP contribution in [0.3, 0.4) is 0 Å². The second-order valence-corrected chi connectivity index (χ2v) is 3.33. The molecule has 1 saturated carbocycles. The lowest BCUT2D eigenvalue weighted by Crippen LogP contribution is -2.26. The van der Waals surface area contributed by atoms with Crippen molar-refractivity contribution in [3.8, 4) is 0 Å². The van der Waals surface area contributed by atoms with Crippen molar-refractivity contribution in [3.63, 3.8) is 0 Å². The molecule has 2 rings (SSSR count). The van der Waals surface area contributed by atoms with Gasteiger partial charge in [-0.05, 0) is 12.8 Å². The molecule has 1 aliphatic rings. The highest BCUT2D eigenvalue weighted by atomic mass is 16.3. The van der Waals surface area contributed by atoms with E-state index in [1.54, 1.807) is 12.7 Å². The molecule has 1 N–H and O–H groups in total. The Bertz CT molecular complexity index is 234. The Morgan fingerprint density at radius 1 is 1.17 bits per heavy atom. The maximum Gasteiger partial charge on any atom is 0.119 e. The molecule has 1 heterocycles. The molecule has 0 bridgehead atoms. The van der Waals surface area contributed by atoms with E-state index < -0.39 is 0 Å². The molecule has 1 aliphatic carbocycles. The van der Waals surface area contributed by atoms with Gasteiger partial charge in [0.1, 0.15) is 12.7 Å². The summed E-state index contributed by atoms with van der Waals surface area (Å²) >= 11 is 0. The van der Waals surface area contributed by atoms with Crippen molar-refractivity contribution in [2.24, 2.45) is 0 Å². The minimum atomic E-state index is -0.213. The topological polar surface area (TPSA) is 50.9 Å². The Morgan fingerprint density at radius 2 is 1.83 bits per heavy atom. The molecule has 0 amide bonds. The first-order valence-corrected chi connectivity index (χ1v) is 4.40. The van der Waals surface area contributed by atoms with Gasteiger partial charge in [0.2, 0.25) is 0 Å². The molecule has 2 unspecified atom stereocenters. The summed E-state index contributed by atoms with van der Waals surface area (Å²) in [6, 6.07) is 0.203. The zero-order chi connectivity index (χ0) is 8.39. The first-order valence-electron chi connectivity index (χ1n) is 4.40. The average Bonchev–Trinajstić information content (AvgIpc) is 2.57. The zero-order valence-corrected chi connectivity index (χ0v) is 6.93. The van der Waals surface area contributed by atoms with E-state index in [2.05, 4.69) is 10.2 Å². The van der Waals surface area contributed by atoms with Gasteiger partial charge in [-0.2, -0.15) is 0 Å². The van der Waals surface area contributed by atoms with E-state index in [-0.39, 0.29) is 12.1 Å². The highest BCUT2D eigenvalue weighted by Crippen LogP contribution is 2.27. The van der Waals surface area contributed by atoms with Crippen molar-refractivity contribution in [1.82, 2.24) is 14.8 Å². The maximum absolute atomic E-state index is 9.66. The second-order valence-electron chi connectivity index (χ2n) is 3.33. The van der Waals surface area contributed by atoms with Crippen LogP contribution in [0.5, 0.6) is 0 Å². The van der Waals surface area contributed by atoms with Crippen LogP contribution in [-0.4, -0.2) is 26.0 Å². The standard InChI is InChI=1S/C8H13N3O/c12-8-4-2-1-3-7(8)11-5-9-10-6-11/h5-8,12H,1-4H2. The SMILES string of the molecule is OC1CCCCC1n1cnnc1. The van der Waals surface area contributed by atoms with Crippen LogP contribution in [-0.2, 0) is 0 Å². The monoisotopic (exact) mass is 167 g/mol. The van der Waals surface area contributed by atoms with Crippen LogP contribution < -0.4 is 0 Å². The van der Waals surface area contributed by atoms with Crippen LogP contribution in [0.15, 0.2) is 12.7 Å². The lowest BCUT2D eigenvalue weighted by molar-refractivity contribution is 0.0753. The number of hydrogen-bond donors (Lipinski definition) is 1. The van der Waals surface area contributed by atoms with Crippen LogP contribution in [0.25, 0.3) is 0 Å². The molecule has 0 aromatic carbocycles. The minimum absolute atomic E-state index is 0.203. The van der Waals surface area contributed by atoms with E-state index in [0.717, 1.165) is 19.3 Å². The second kappa shape index (κ2) is 3.23. The quantitative estimate of drug-likeness (QED) is 0.671. The van der Waals surface area contributed by atoms with E-state index in [4.69, 9.17) is 0 Å². The molecule has 4 heteroatoms. The van der Waals surface area contributed by atoms with Gasteiger partial charge in [0.15, 0.2) is 0 Å². The van der Waals surface area contributed by atoms with Gasteiger partial charge in [0.25, 0.3) is 0 Å². The minimum Gasteiger partial charge on any atom is -0.391 e. The van der Waals surface area contributed by atoms with Gasteiger partial charge in [-0.15, -0.1) is 10.2 Å². The molecular formula is C8H13N3O. The van der Waals surface area contributed by atoms with E-state index >= 15 is 0 Å². The van der Waals surface area contributed by atoms with Crippen LogP contribution >= 0.6 is 0 Å². The summed E-state index contributed by atoms with van der Waals surface area (Å²) in [6.45, 7) is 0. The first kappa shape index (κ1) is 7.73. The fourth-order valence-electron chi connectivity index (χ4n) is 1.82. The van der Waals surface area contributed by atoms with Crippen molar-refractivity contribution < 1.29 is 5.11 Å². The van der Waals surface area contributed by atoms with Crippen LogP contribution in [0.2, 0.25) is 0 Å². The molecule has 4 nitrogen and oxygen atoms in total. The van der Waals surface area contributed by atoms with Gasteiger partial charge in [0.05, 0.1) is 12.1 Å². The van der Waals surface area contributed by atoms with E-state index in [9.17, 15) is 5.11 Å². The number of nitrogens with zero attached hydrogens (tertiary/aromatic N) is 3. The average molecular weight is 167 g/mol. The third-order valence-electron chi connectivity index (χ3n) is 2.51. The Kier molecular flexibility index (Phi) is 2.08. The van der Waals surface area contributed by atoms with Crippen molar-refractivity contribution in [2.45, 2.75) is 37.8 Å². The number of aliphatic hydroxyl groups is 1. The number of aliphatic hydroxyl groups excluding tert-OH is 1. The molecule has 1 aromatic heterocycles. The highest BCUT2D eigenvalue weighted by molar-refractivity contribution is 4.81. The van der Waals surface area contributed by atoms with Gasteiger partial charge in [-0.3, -0.25) is 0 Å². The molecule has 2 atom stereocenters. The Balaban J connectivity index is 2.11. The number of aromatic nitrogens is 3. The van der Waals surface area contributed by atoms with Crippen LogP contribution in [0, 0.1) is 0 Å². The smallest absolute Gasteiger partial charge is 0.119 e.